The van der Waals surface area contributed by atoms with Crippen molar-refractivity contribution in [3.05, 3.63) is 40.9 Å². The van der Waals surface area contributed by atoms with Crippen molar-refractivity contribution < 1.29 is 32.2 Å². The van der Waals surface area contributed by atoms with Crippen LogP contribution >= 0.6 is 23.4 Å². The van der Waals surface area contributed by atoms with Crippen LogP contribution < -0.4 is 10.6 Å². The van der Waals surface area contributed by atoms with Crippen molar-refractivity contribution in [2.45, 2.75) is 59.4 Å². The lowest BCUT2D eigenvalue weighted by molar-refractivity contribution is -0.142. The van der Waals surface area contributed by atoms with Gasteiger partial charge in [0, 0.05) is 12.3 Å². The first-order chi connectivity index (χ1) is 16.2. The minimum atomic E-state index is -3.34. The molecule has 186 valence electrons. The standard InChI is InChI=1S/C22H27ClN2O7S2/c1-2-31-19(26)11-15-13-33-22(23,24-15)25-21(27)20(32-16-9-10-30-12-16)14-3-5-17(6-4-14)34(28,29)18-7-8-18/h3-6,13,16,18,20,24H,2,7-12H2,1H3,(H,25,27)/t16-,20?,22+/m0/s1. The normalized spacial score (nSPS) is 25.4. The number of sulfone groups is 1. The molecule has 1 aromatic carbocycles. The summed E-state index contributed by atoms with van der Waals surface area (Å²) in [6, 6.07) is 6.21. The number of ether oxygens (including phenoxy) is 3. The molecule has 34 heavy (non-hydrogen) atoms. The van der Waals surface area contributed by atoms with E-state index in [2.05, 4.69) is 10.6 Å². The summed E-state index contributed by atoms with van der Waals surface area (Å²) < 4.78 is 40.0. The second kappa shape index (κ2) is 10.4. The molecule has 0 bridgehead atoms. The number of halogens is 1. The summed E-state index contributed by atoms with van der Waals surface area (Å²) >= 11 is 7.66. The molecule has 1 aliphatic carbocycles. The highest BCUT2D eigenvalue weighted by molar-refractivity contribution is 8.04. The average Bonchev–Trinajstić information content (AvgIpc) is 3.43. The van der Waals surface area contributed by atoms with E-state index in [-0.39, 0.29) is 29.3 Å². The van der Waals surface area contributed by atoms with Gasteiger partial charge in [-0.3, -0.25) is 9.59 Å². The Bertz CT molecular complexity index is 1050. The van der Waals surface area contributed by atoms with Crippen LogP contribution in [0.2, 0.25) is 0 Å². The van der Waals surface area contributed by atoms with Gasteiger partial charge in [-0.05, 0) is 49.3 Å². The van der Waals surface area contributed by atoms with Gasteiger partial charge in [0.1, 0.15) is 0 Å². The third kappa shape index (κ3) is 6.06. The van der Waals surface area contributed by atoms with Gasteiger partial charge in [0.05, 0.1) is 35.9 Å². The number of nitrogens with one attached hydrogen (secondary N) is 2. The van der Waals surface area contributed by atoms with Gasteiger partial charge < -0.3 is 24.8 Å². The summed E-state index contributed by atoms with van der Waals surface area (Å²) in [5.74, 6) is -0.914. The predicted octanol–water partition coefficient (Wildman–Crippen LogP) is 2.57. The van der Waals surface area contributed by atoms with E-state index in [1.165, 1.54) is 12.1 Å². The molecule has 12 heteroatoms. The van der Waals surface area contributed by atoms with Gasteiger partial charge in [0.25, 0.3) is 5.91 Å². The molecule has 1 aromatic rings. The lowest BCUT2D eigenvalue weighted by Crippen LogP contribution is -2.51. The van der Waals surface area contributed by atoms with Crippen LogP contribution in [0.3, 0.4) is 0 Å². The molecule has 0 aromatic heterocycles. The molecule has 3 aliphatic rings. The molecule has 0 spiro atoms. The molecule has 2 fully saturated rings. The van der Waals surface area contributed by atoms with Crippen LogP contribution in [0.25, 0.3) is 0 Å². The maximum atomic E-state index is 13.3. The number of esters is 1. The van der Waals surface area contributed by atoms with Crippen LogP contribution in [0.5, 0.6) is 0 Å². The topological polar surface area (TPSA) is 120 Å². The molecular formula is C22H27ClN2O7S2. The minimum absolute atomic E-state index is 0.00144. The van der Waals surface area contributed by atoms with E-state index in [1.807, 2.05) is 0 Å². The number of hydrogen-bond acceptors (Lipinski definition) is 9. The maximum absolute atomic E-state index is 13.3. The molecule has 9 nitrogen and oxygen atoms in total. The third-order valence-corrected chi connectivity index (χ3v) is 9.20. The molecule has 0 radical (unpaired) electrons. The van der Waals surface area contributed by atoms with Crippen molar-refractivity contribution >= 4 is 45.1 Å². The van der Waals surface area contributed by atoms with Gasteiger partial charge in [-0.15, -0.1) is 0 Å². The number of alkyl halides is 1. The Hall–Kier alpha value is -1.79. The van der Waals surface area contributed by atoms with Crippen LogP contribution in [-0.2, 0) is 33.6 Å². The molecule has 2 aliphatic heterocycles. The zero-order chi connectivity index (χ0) is 24.3. The summed E-state index contributed by atoms with van der Waals surface area (Å²) in [7, 11) is -3.34. The lowest BCUT2D eigenvalue weighted by atomic mass is 10.1. The molecule has 3 atom stereocenters. The Labute approximate surface area is 207 Å². The van der Waals surface area contributed by atoms with E-state index in [0.29, 0.717) is 43.7 Å². The lowest BCUT2D eigenvalue weighted by Gasteiger charge is -2.28. The Balaban J connectivity index is 1.46. The van der Waals surface area contributed by atoms with Crippen molar-refractivity contribution in [2.24, 2.45) is 0 Å². The average molecular weight is 531 g/mol. The molecule has 1 saturated carbocycles. The van der Waals surface area contributed by atoms with Crippen molar-refractivity contribution in [2.75, 3.05) is 19.8 Å². The largest absolute Gasteiger partial charge is 0.466 e. The summed E-state index contributed by atoms with van der Waals surface area (Å²) in [6.45, 7) is 2.89. The van der Waals surface area contributed by atoms with E-state index >= 15 is 0 Å². The van der Waals surface area contributed by atoms with Crippen molar-refractivity contribution in [3.63, 3.8) is 0 Å². The highest BCUT2D eigenvalue weighted by Crippen LogP contribution is 2.36. The Morgan fingerprint density at radius 2 is 2.03 bits per heavy atom. The van der Waals surface area contributed by atoms with Gasteiger partial charge in [-0.25, -0.2) is 8.42 Å². The zero-order valence-corrected chi connectivity index (χ0v) is 21.0. The fraction of sp³-hybridized carbons (Fsp3) is 0.545. The highest BCUT2D eigenvalue weighted by Gasteiger charge is 2.39. The van der Waals surface area contributed by atoms with Gasteiger partial charge in [0.2, 0.25) is 4.45 Å². The van der Waals surface area contributed by atoms with E-state index in [0.717, 1.165) is 11.8 Å². The van der Waals surface area contributed by atoms with E-state index in [4.69, 9.17) is 25.8 Å². The Morgan fingerprint density at radius 1 is 1.29 bits per heavy atom. The Morgan fingerprint density at radius 3 is 2.65 bits per heavy atom. The van der Waals surface area contributed by atoms with Gasteiger partial charge in [-0.2, -0.15) is 0 Å². The summed E-state index contributed by atoms with van der Waals surface area (Å²) in [6.07, 6.45) is 0.683. The number of benzene rings is 1. The van der Waals surface area contributed by atoms with Crippen LogP contribution in [0.15, 0.2) is 40.3 Å². The number of thioether (sulfide) groups is 1. The van der Waals surface area contributed by atoms with Gasteiger partial charge in [-0.1, -0.05) is 35.5 Å². The van der Waals surface area contributed by atoms with Crippen LogP contribution in [-0.4, -0.2) is 55.9 Å². The molecular weight excluding hydrogens is 504 g/mol. The van der Waals surface area contributed by atoms with Crippen molar-refractivity contribution in [3.8, 4) is 0 Å². The quantitative estimate of drug-likeness (QED) is 0.267. The first kappa shape index (κ1) is 25.3. The Kier molecular flexibility index (Phi) is 7.78. The van der Waals surface area contributed by atoms with Crippen molar-refractivity contribution in [1.82, 2.24) is 10.6 Å². The second-order valence-electron chi connectivity index (χ2n) is 8.27. The minimum Gasteiger partial charge on any atom is -0.466 e. The van der Waals surface area contributed by atoms with E-state index in [9.17, 15) is 18.0 Å². The zero-order valence-electron chi connectivity index (χ0n) is 18.6. The molecule has 1 unspecified atom stereocenters. The van der Waals surface area contributed by atoms with Crippen molar-refractivity contribution in [1.29, 1.82) is 0 Å². The monoisotopic (exact) mass is 530 g/mol. The number of rotatable bonds is 10. The molecule has 2 N–H and O–H groups in total. The SMILES string of the molecule is CCOC(=O)CC1=CS[C@@](Cl)(NC(=O)C(O[C@H]2CCOC2)c2ccc(S(=O)(=O)C3CC3)cc2)N1. The first-order valence-corrected chi connectivity index (χ1v) is 13.9. The van der Waals surface area contributed by atoms with Gasteiger partial charge >= 0.3 is 5.97 Å². The number of carbonyl (C=O) groups excluding carboxylic acids is 2. The van der Waals surface area contributed by atoms with Crippen LogP contribution in [0.4, 0.5) is 0 Å². The van der Waals surface area contributed by atoms with Crippen LogP contribution in [0, 0.1) is 0 Å². The summed E-state index contributed by atoms with van der Waals surface area (Å²) in [5, 5.41) is 7.00. The molecule has 1 amide bonds. The third-order valence-electron chi connectivity index (χ3n) is 5.54. The highest BCUT2D eigenvalue weighted by atomic mass is 35.5. The van der Waals surface area contributed by atoms with E-state index in [1.54, 1.807) is 24.5 Å². The van der Waals surface area contributed by atoms with Gasteiger partial charge in [0.15, 0.2) is 15.9 Å². The molecule has 1 saturated heterocycles. The first-order valence-electron chi connectivity index (χ1n) is 11.1. The second-order valence-corrected chi connectivity index (χ2v) is 12.4. The molecule has 4 rings (SSSR count). The fourth-order valence-electron chi connectivity index (χ4n) is 3.66. The fourth-order valence-corrected chi connectivity index (χ4v) is 6.46. The van der Waals surface area contributed by atoms with E-state index < -0.39 is 32.3 Å². The summed E-state index contributed by atoms with van der Waals surface area (Å²) in [4.78, 5) is 25.3. The molecule has 2 heterocycles. The number of carbonyl (C=O) groups is 2. The predicted molar refractivity (Wildman–Crippen MR) is 126 cm³/mol. The number of amides is 1. The maximum Gasteiger partial charge on any atom is 0.311 e. The summed E-state index contributed by atoms with van der Waals surface area (Å²) in [5.41, 5.74) is 1.03. The smallest absolute Gasteiger partial charge is 0.311 e. The van der Waals surface area contributed by atoms with Crippen LogP contribution in [0.1, 0.15) is 44.3 Å². The number of hydrogen-bond donors (Lipinski definition) is 2.